The number of methoxy groups -OCH3 is 1. The minimum Gasteiger partial charge on any atom is -0.497 e. The normalized spacial score (nSPS) is 12.7. The molecule has 0 radical (unpaired) electrons. The van der Waals surface area contributed by atoms with Gasteiger partial charge in [-0.25, -0.2) is 0 Å². The summed E-state index contributed by atoms with van der Waals surface area (Å²) in [5, 5.41) is 2.91. The molecule has 0 aliphatic carbocycles. The van der Waals surface area contributed by atoms with Crippen molar-refractivity contribution in [3.63, 3.8) is 0 Å². The number of hydrogen-bond donors (Lipinski definition) is 1. The van der Waals surface area contributed by atoms with Crippen molar-refractivity contribution in [3.8, 4) is 11.5 Å². The Morgan fingerprint density at radius 1 is 1.23 bits per heavy atom. The van der Waals surface area contributed by atoms with Crippen LogP contribution in [0.1, 0.15) is 11.1 Å². The van der Waals surface area contributed by atoms with Crippen molar-refractivity contribution < 1.29 is 14.3 Å². The van der Waals surface area contributed by atoms with Gasteiger partial charge in [0.05, 0.1) is 12.7 Å². The first-order valence-electron chi connectivity index (χ1n) is 7.10. The van der Waals surface area contributed by atoms with E-state index in [9.17, 15) is 4.79 Å². The van der Waals surface area contributed by atoms with Gasteiger partial charge in [0.15, 0.2) is 0 Å². The van der Waals surface area contributed by atoms with Gasteiger partial charge in [-0.3, -0.25) is 4.79 Å². The number of carbonyl (C=O) groups excluding carboxylic acids is 1. The van der Waals surface area contributed by atoms with E-state index in [0.29, 0.717) is 12.1 Å². The van der Waals surface area contributed by atoms with Crippen LogP contribution < -0.4 is 14.8 Å². The van der Waals surface area contributed by atoms with Crippen molar-refractivity contribution in [2.75, 3.05) is 13.7 Å². The van der Waals surface area contributed by atoms with Crippen LogP contribution in [-0.2, 0) is 11.3 Å². The van der Waals surface area contributed by atoms with Crippen molar-refractivity contribution in [2.24, 2.45) is 0 Å². The van der Waals surface area contributed by atoms with Crippen LogP contribution in [0.3, 0.4) is 0 Å². The molecule has 1 aliphatic rings. The number of rotatable bonds is 4. The van der Waals surface area contributed by atoms with Gasteiger partial charge in [0.2, 0.25) is 0 Å². The Morgan fingerprint density at radius 2 is 2.05 bits per heavy atom. The van der Waals surface area contributed by atoms with E-state index in [1.54, 1.807) is 7.11 Å². The molecule has 112 valence electrons. The van der Waals surface area contributed by atoms with Crippen LogP contribution in [0.25, 0.3) is 6.08 Å². The molecule has 2 aromatic carbocycles. The molecular formula is C18H17NO3. The molecule has 0 aromatic heterocycles. The van der Waals surface area contributed by atoms with E-state index in [4.69, 9.17) is 9.47 Å². The summed E-state index contributed by atoms with van der Waals surface area (Å²) < 4.78 is 10.8. The van der Waals surface area contributed by atoms with Gasteiger partial charge >= 0.3 is 0 Å². The lowest BCUT2D eigenvalue weighted by Gasteiger charge is -2.18. The lowest BCUT2D eigenvalue weighted by Crippen LogP contribution is -2.28. The van der Waals surface area contributed by atoms with Gasteiger partial charge in [0.25, 0.3) is 5.91 Å². The number of nitrogens with one attached hydrogen (secondary N) is 1. The Bertz CT molecular complexity index is 708. The third kappa shape index (κ3) is 3.11. The van der Waals surface area contributed by atoms with Crippen LogP contribution >= 0.6 is 0 Å². The molecule has 1 amide bonds. The minimum atomic E-state index is -0.114. The third-order valence-electron chi connectivity index (χ3n) is 3.52. The molecule has 0 bridgehead atoms. The molecule has 2 aromatic rings. The monoisotopic (exact) mass is 295 g/mol. The largest absolute Gasteiger partial charge is 0.497 e. The molecule has 3 rings (SSSR count). The van der Waals surface area contributed by atoms with Crippen LogP contribution in [0.4, 0.5) is 0 Å². The van der Waals surface area contributed by atoms with Gasteiger partial charge in [0.1, 0.15) is 18.1 Å². The first kappa shape index (κ1) is 14.2. The highest BCUT2D eigenvalue weighted by atomic mass is 16.5. The summed E-state index contributed by atoms with van der Waals surface area (Å²) in [6.07, 6.45) is 1.85. The zero-order chi connectivity index (χ0) is 15.4. The smallest absolute Gasteiger partial charge is 0.250 e. The van der Waals surface area contributed by atoms with E-state index in [-0.39, 0.29) is 12.5 Å². The fourth-order valence-corrected chi connectivity index (χ4v) is 2.31. The summed E-state index contributed by atoms with van der Waals surface area (Å²) in [7, 11) is 1.61. The van der Waals surface area contributed by atoms with Crippen molar-refractivity contribution in [1.82, 2.24) is 5.32 Å². The number of fused-ring (bicyclic) bond motifs is 1. The highest BCUT2D eigenvalue weighted by Crippen LogP contribution is 2.29. The Balaban J connectivity index is 1.71. The minimum absolute atomic E-state index is 0.114. The van der Waals surface area contributed by atoms with Gasteiger partial charge in [-0.15, -0.1) is 0 Å². The van der Waals surface area contributed by atoms with E-state index < -0.39 is 0 Å². The Labute approximate surface area is 129 Å². The SMILES string of the molecule is COc1ccc2c(c1)C=C(C(=O)NCc1ccccc1)CO2. The van der Waals surface area contributed by atoms with E-state index in [1.807, 2.05) is 54.6 Å². The maximum absolute atomic E-state index is 12.2. The average Bonchev–Trinajstić information content (AvgIpc) is 2.59. The van der Waals surface area contributed by atoms with Crippen LogP contribution in [-0.4, -0.2) is 19.6 Å². The Kier molecular flexibility index (Phi) is 4.10. The molecule has 1 N–H and O–H groups in total. The summed E-state index contributed by atoms with van der Waals surface area (Å²) in [4.78, 5) is 12.2. The summed E-state index contributed by atoms with van der Waals surface area (Å²) in [6, 6.07) is 15.4. The van der Waals surface area contributed by atoms with Crippen molar-refractivity contribution in [1.29, 1.82) is 0 Å². The van der Waals surface area contributed by atoms with E-state index in [0.717, 1.165) is 22.6 Å². The summed E-state index contributed by atoms with van der Waals surface area (Å²) >= 11 is 0. The van der Waals surface area contributed by atoms with Gasteiger partial charge in [0, 0.05) is 12.1 Å². The Hall–Kier alpha value is -2.75. The lowest BCUT2D eigenvalue weighted by molar-refractivity contribution is -0.117. The highest BCUT2D eigenvalue weighted by molar-refractivity contribution is 5.99. The fraction of sp³-hybridized carbons (Fsp3) is 0.167. The topological polar surface area (TPSA) is 47.6 Å². The van der Waals surface area contributed by atoms with Crippen LogP contribution in [0.5, 0.6) is 11.5 Å². The molecule has 4 heteroatoms. The maximum atomic E-state index is 12.2. The zero-order valence-electron chi connectivity index (χ0n) is 12.3. The van der Waals surface area contributed by atoms with Crippen molar-refractivity contribution in [3.05, 3.63) is 65.2 Å². The zero-order valence-corrected chi connectivity index (χ0v) is 12.3. The first-order valence-corrected chi connectivity index (χ1v) is 7.10. The molecule has 0 spiro atoms. The van der Waals surface area contributed by atoms with Gasteiger partial charge < -0.3 is 14.8 Å². The van der Waals surface area contributed by atoms with Crippen molar-refractivity contribution >= 4 is 12.0 Å². The average molecular weight is 295 g/mol. The summed E-state index contributed by atoms with van der Waals surface area (Å²) in [6.45, 7) is 0.780. The predicted molar refractivity (Wildman–Crippen MR) is 84.8 cm³/mol. The molecule has 0 fully saturated rings. The molecule has 1 heterocycles. The van der Waals surface area contributed by atoms with E-state index in [1.165, 1.54) is 0 Å². The summed E-state index contributed by atoms with van der Waals surface area (Å²) in [5.74, 6) is 1.39. The molecular weight excluding hydrogens is 278 g/mol. The second-order valence-corrected chi connectivity index (χ2v) is 5.03. The number of hydrogen-bond acceptors (Lipinski definition) is 3. The predicted octanol–water partition coefficient (Wildman–Crippen LogP) is 2.79. The summed E-state index contributed by atoms with van der Waals surface area (Å²) in [5.41, 5.74) is 2.53. The molecule has 0 saturated carbocycles. The third-order valence-corrected chi connectivity index (χ3v) is 3.52. The van der Waals surface area contributed by atoms with Gasteiger partial charge in [-0.2, -0.15) is 0 Å². The number of ether oxygens (including phenoxy) is 2. The number of amides is 1. The Morgan fingerprint density at radius 3 is 2.82 bits per heavy atom. The van der Waals surface area contributed by atoms with Crippen LogP contribution in [0, 0.1) is 0 Å². The van der Waals surface area contributed by atoms with Gasteiger partial charge in [-0.1, -0.05) is 30.3 Å². The van der Waals surface area contributed by atoms with Crippen LogP contribution in [0.15, 0.2) is 54.1 Å². The molecule has 4 nitrogen and oxygen atoms in total. The fourth-order valence-electron chi connectivity index (χ4n) is 2.31. The first-order chi connectivity index (χ1) is 10.8. The van der Waals surface area contributed by atoms with E-state index >= 15 is 0 Å². The molecule has 0 saturated heterocycles. The van der Waals surface area contributed by atoms with Crippen molar-refractivity contribution in [2.45, 2.75) is 6.54 Å². The molecule has 0 atom stereocenters. The maximum Gasteiger partial charge on any atom is 0.250 e. The highest BCUT2D eigenvalue weighted by Gasteiger charge is 2.17. The second-order valence-electron chi connectivity index (χ2n) is 5.03. The van der Waals surface area contributed by atoms with Gasteiger partial charge in [-0.05, 0) is 29.8 Å². The van der Waals surface area contributed by atoms with E-state index in [2.05, 4.69) is 5.32 Å². The molecule has 1 aliphatic heterocycles. The van der Waals surface area contributed by atoms with Crippen LogP contribution in [0.2, 0.25) is 0 Å². The quantitative estimate of drug-likeness (QED) is 0.943. The number of benzene rings is 2. The standard InChI is InChI=1S/C18H17NO3/c1-21-16-7-8-17-14(10-16)9-15(12-22-17)18(20)19-11-13-5-3-2-4-6-13/h2-10H,11-12H2,1H3,(H,19,20). The molecule has 0 unspecified atom stereocenters. The number of carbonyl (C=O) groups is 1. The second kappa shape index (κ2) is 6.35. The lowest BCUT2D eigenvalue weighted by atomic mass is 10.1. The molecule has 22 heavy (non-hydrogen) atoms.